The summed E-state index contributed by atoms with van der Waals surface area (Å²) in [6.45, 7) is 5.45. The molecule has 1 aliphatic heterocycles. The number of rotatable bonds is 3. The Morgan fingerprint density at radius 2 is 2.36 bits per heavy atom. The highest BCUT2D eigenvalue weighted by atomic mass is 16.1. The van der Waals surface area contributed by atoms with E-state index in [0.717, 1.165) is 25.1 Å². The molecule has 1 amide bonds. The van der Waals surface area contributed by atoms with Gasteiger partial charge in [0.05, 0.1) is 6.04 Å². The first-order chi connectivity index (χ1) is 6.69. The predicted molar refractivity (Wildman–Crippen MR) is 56.6 cm³/mol. The molecule has 0 radical (unpaired) electrons. The van der Waals surface area contributed by atoms with E-state index in [-0.39, 0.29) is 11.9 Å². The number of nitrogens with one attached hydrogen (secondary N) is 2. The van der Waals surface area contributed by atoms with Crippen LogP contribution in [0.25, 0.3) is 0 Å². The summed E-state index contributed by atoms with van der Waals surface area (Å²) in [4.78, 5) is 11.6. The van der Waals surface area contributed by atoms with Crippen LogP contribution in [0.2, 0.25) is 0 Å². The Bertz CT molecular complexity index is 293. The van der Waals surface area contributed by atoms with E-state index >= 15 is 0 Å². The zero-order chi connectivity index (χ0) is 10.6. The highest BCUT2D eigenvalue weighted by Gasteiger charge is 2.17. The number of carbonyl (C=O) groups excluding carboxylic acids is 1. The van der Waals surface area contributed by atoms with Crippen molar-refractivity contribution in [3.8, 4) is 12.3 Å². The van der Waals surface area contributed by atoms with E-state index in [4.69, 9.17) is 6.42 Å². The zero-order valence-corrected chi connectivity index (χ0v) is 8.68. The third-order valence-electron chi connectivity index (χ3n) is 2.46. The first kappa shape index (κ1) is 10.8. The lowest BCUT2D eigenvalue weighted by Gasteiger charge is -2.22. The van der Waals surface area contributed by atoms with Gasteiger partial charge in [0.15, 0.2) is 0 Å². The van der Waals surface area contributed by atoms with Gasteiger partial charge in [-0.05, 0) is 18.9 Å². The number of hydrogen-bond acceptors (Lipinski definition) is 2. The van der Waals surface area contributed by atoms with Gasteiger partial charge in [-0.3, -0.25) is 4.79 Å². The second-order valence-electron chi connectivity index (χ2n) is 3.43. The van der Waals surface area contributed by atoms with Gasteiger partial charge in [-0.25, -0.2) is 0 Å². The monoisotopic (exact) mass is 192 g/mol. The van der Waals surface area contributed by atoms with Crippen LogP contribution in [-0.4, -0.2) is 25.0 Å². The standard InChI is InChI=1S/C11H16N2O/c1-4-10(5-2)13-11(14)8(3)9-6-12-7-9/h1,10,12H,5-7H2,2-3H3,(H,13,14). The Kier molecular flexibility index (Phi) is 3.73. The van der Waals surface area contributed by atoms with E-state index < -0.39 is 0 Å². The van der Waals surface area contributed by atoms with E-state index in [1.54, 1.807) is 0 Å². The van der Waals surface area contributed by atoms with Gasteiger partial charge in [-0.15, -0.1) is 6.42 Å². The third-order valence-corrected chi connectivity index (χ3v) is 2.46. The molecule has 0 bridgehead atoms. The van der Waals surface area contributed by atoms with Gasteiger partial charge in [-0.1, -0.05) is 12.8 Å². The lowest BCUT2D eigenvalue weighted by Crippen LogP contribution is -2.39. The Hall–Kier alpha value is -1.27. The summed E-state index contributed by atoms with van der Waals surface area (Å²) in [7, 11) is 0. The Labute approximate surface area is 85.0 Å². The highest BCUT2D eigenvalue weighted by Crippen LogP contribution is 2.08. The topological polar surface area (TPSA) is 41.1 Å². The molecule has 0 aromatic heterocycles. The minimum Gasteiger partial charge on any atom is -0.339 e. The number of terminal acetylenes is 1. The third kappa shape index (κ3) is 2.36. The Morgan fingerprint density at radius 3 is 2.71 bits per heavy atom. The molecule has 2 N–H and O–H groups in total. The summed E-state index contributed by atoms with van der Waals surface area (Å²) in [5.41, 5.74) is 1.98. The second kappa shape index (κ2) is 4.83. The normalized spacial score (nSPS) is 16.5. The summed E-state index contributed by atoms with van der Waals surface area (Å²) in [6, 6.07) is -0.147. The van der Waals surface area contributed by atoms with E-state index in [0.29, 0.717) is 0 Å². The van der Waals surface area contributed by atoms with Gasteiger partial charge in [0.2, 0.25) is 5.91 Å². The van der Waals surface area contributed by atoms with Crippen LogP contribution in [0.15, 0.2) is 11.1 Å². The lowest BCUT2D eigenvalue weighted by atomic mass is 10.0. The average Bonchev–Trinajstić information content (AvgIpc) is 2.10. The van der Waals surface area contributed by atoms with Crippen LogP contribution in [0, 0.1) is 12.3 Å². The van der Waals surface area contributed by atoms with Crippen LogP contribution in [0.3, 0.4) is 0 Å². The summed E-state index contributed by atoms with van der Waals surface area (Å²) in [5, 5.41) is 5.90. The molecule has 1 fully saturated rings. The van der Waals surface area contributed by atoms with Crippen LogP contribution < -0.4 is 10.6 Å². The van der Waals surface area contributed by atoms with Gasteiger partial charge >= 0.3 is 0 Å². The largest absolute Gasteiger partial charge is 0.339 e. The summed E-state index contributed by atoms with van der Waals surface area (Å²) >= 11 is 0. The Morgan fingerprint density at radius 1 is 1.71 bits per heavy atom. The molecule has 0 aromatic rings. The summed E-state index contributed by atoms with van der Waals surface area (Å²) in [6.07, 6.45) is 6.03. The van der Waals surface area contributed by atoms with Crippen LogP contribution in [0.4, 0.5) is 0 Å². The van der Waals surface area contributed by atoms with Crippen molar-refractivity contribution in [3.05, 3.63) is 11.1 Å². The van der Waals surface area contributed by atoms with Crippen molar-refractivity contribution in [2.75, 3.05) is 13.1 Å². The fraction of sp³-hybridized carbons (Fsp3) is 0.545. The van der Waals surface area contributed by atoms with Crippen LogP contribution >= 0.6 is 0 Å². The van der Waals surface area contributed by atoms with Gasteiger partial charge in [0.25, 0.3) is 0 Å². The maximum atomic E-state index is 11.6. The molecule has 3 heteroatoms. The van der Waals surface area contributed by atoms with Crippen molar-refractivity contribution < 1.29 is 4.79 Å². The summed E-state index contributed by atoms with van der Waals surface area (Å²) < 4.78 is 0. The fourth-order valence-corrected chi connectivity index (χ4v) is 1.20. The molecular weight excluding hydrogens is 176 g/mol. The van der Waals surface area contributed by atoms with Crippen molar-refractivity contribution in [2.24, 2.45) is 0 Å². The molecule has 1 aliphatic rings. The molecule has 0 aromatic carbocycles. The van der Waals surface area contributed by atoms with Gasteiger partial charge < -0.3 is 10.6 Å². The van der Waals surface area contributed by atoms with E-state index in [1.165, 1.54) is 5.57 Å². The smallest absolute Gasteiger partial charge is 0.247 e. The van der Waals surface area contributed by atoms with E-state index in [9.17, 15) is 4.79 Å². The van der Waals surface area contributed by atoms with Crippen LogP contribution in [-0.2, 0) is 4.79 Å². The molecule has 0 aliphatic carbocycles. The molecule has 0 spiro atoms. The minimum absolute atomic E-state index is 0.0358. The Balaban J connectivity index is 2.54. The number of amides is 1. The van der Waals surface area contributed by atoms with Crippen molar-refractivity contribution >= 4 is 5.91 Å². The van der Waals surface area contributed by atoms with Gasteiger partial charge in [0, 0.05) is 18.7 Å². The molecule has 1 atom stereocenters. The highest BCUT2D eigenvalue weighted by molar-refractivity contribution is 5.94. The van der Waals surface area contributed by atoms with Crippen molar-refractivity contribution in [3.63, 3.8) is 0 Å². The molecule has 1 saturated heterocycles. The minimum atomic E-state index is -0.147. The quantitative estimate of drug-likeness (QED) is 0.503. The molecular formula is C11H16N2O. The number of hydrogen-bond donors (Lipinski definition) is 2. The molecule has 76 valence electrons. The average molecular weight is 192 g/mol. The first-order valence-electron chi connectivity index (χ1n) is 4.85. The first-order valence-corrected chi connectivity index (χ1v) is 4.85. The summed E-state index contributed by atoms with van der Waals surface area (Å²) in [5.74, 6) is 2.51. The molecule has 0 saturated carbocycles. The van der Waals surface area contributed by atoms with Crippen LogP contribution in [0.5, 0.6) is 0 Å². The maximum Gasteiger partial charge on any atom is 0.247 e. The molecule has 1 unspecified atom stereocenters. The van der Waals surface area contributed by atoms with E-state index in [1.807, 2.05) is 13.8 Å². The second-order valence-corrected chi connectivity index (χ2v) is 3.43. The molecule has 1 rings (SSSR count). The lowest BCUT2D eigenvalue weighted by molar-refractivity contribution is -0.117. The van der Waals surface area contributed by atoms with Crippen LogP contribution in [0.1, 0.15) is 20.3 Å². The SMILES string of the molecule is C#CC(CC)NC(=O)C(C)=C1CNC1. The van der Waals surface area contributed by atoms with Crippen molar-refractivity contribution in [2.45, 2.75) is 26.3 Å². The van der Waals surface area contributed by atoms with Crippen molar-refractivity contribution in [1.82, 2.24) is 10.6 Å². The molecule has 1 heterocycles. The van der Waals surface area contributed by atoms with E-state index in [2.05, 4.69) is 16.6 Å². The predicted octanol–water partition coefficient (Wildman–Crippen LogP) is 0.434. The van der Waals surface area contributed by atoms with Gasteiger partial charge in [-0.2, -0.15) is 0 Å². The fourth-order valence-electron chi connectivity index (χ4n) is 1.20. The maximum absolute atomic E-state index is 11.6. The number of carbonyl (C=O) groups is 1. The molecule has 14 heavy (non-hydrogen) atoms. The van der Waals surface area contributed by atoms with Crippen molar-refractivity contribution in [1.29, 1.82) is 0 Å². The molecule has 3 nitrogen and oxygen atoms in total. The van der Waals surface area contributed by atoms with Gasteiger partial charge in [0.1, 0.15) is 0 Å². The zero-order valence-electron chi connectivity index (χ0n) is 8.68.